The van der Waals surface area contributed by atoms with Gasteiger partial charge in [-0.3, -0.25) is 0 Å². The Morgan fingerprint density at radius 1 is 1.17 bits per heavy atom. The van der Waals surface area contributed by atoms with E-state index in [-0.39, 0.29) is 24.0 Å². The molecule has 0 radical (unpaired) electrons. The Kier molecular flexibility index (Phi) is 9.09. The van der Waals surface area contributed by atoms with E-state index in [0.29, 0.717) is 6.54 Å². The summed E-state index contributed by atoms with van der Waals surface area (Å²) in [4.78, 5) is 8.34. The van der Waals surface area contributed by atoms with Crippen molar-refractivity contribution in [3.8, 4) is 0 Å². The van der Waals surface area contributed by atoms with Gasteiger partial charge < -0.3 is 14.8 Å². The van der Waals surface area contributed by atoms with Crippen molar-refractivity contribution in [1.29, 1.82) is 0 Å². The molecule has 0 bridgehead atoms. The van der Waals surface area contributed by atoms with Gasteiger partial charge >= 0.3 is 0 Å². The van der Waals surface area contributed by atoms with Gasteiger partial charge in [0.15, 0.2) is 11.8 Å². The van der Waals surface area contributed by atoms with Gasteiger partial charge in [-0.15, -0.1) is 45.5 Å². The van der Waals surface area contributed by atoms with E-state index >= 15 is 0 Å². The minimum atomic E-state index is 0. The zero-order chi connectivity index (χ0) is 19.9. The van der Waals surface area contributed by atoms with Crippen molar-refractivity contribution < 1.29 is 0 Å². The highest BCUT2D eigenvalue weighted by atomic mass is 127. The molecule has 0 aliphatic heterocycles. The maximum atomic E-state index is 4.81. The summed E-state index contributed by atoms with van der Waals surface area (Å²) in [5, 5.41) is 14.0. The topological polar surface area (TPSA) is 58.3 Å². The zero-order valence-electron chi connectivity index (χ0n) is 17.4. The number of hydrogen-bond donors (Lipinski definition) is 1. The van der Waals surface area contributed by atoms with E-state index in [9.17, 15) is 0 Å². The average molecular weight is 524 g/mol. The predicted octanol–water partition coefficient (Wildman–Crippen LogP) is 3.93. The molecule has 2 aromatic heterocycles. The molecule has 8 heteroatoms. The van der Waals surface area contributed by atoms with Crippen LogP contribution in [0.1, 0.15) is 27.7 Å². The molecule has 0 atom stereocenters. The lowest BCUT2D eigenvalue weighted by Crippen LogP contribution is -2.39. The average Bonchev–Trinajstić information content (AvgIpc) is 3.31. The fourth-order valence-corrected chi connectivity index (χ4v) is 3.55. The fourth-order valence-electron chi connectivity index (χ4n) is 2.84. The minimum absolute atomic E-state index is 0. The number of rotatable bonds is 7. The van der Waals surface area contributed by atoms with Crippen LogP contribution in [-0.4, -0.2) is 39.2 Å². The lowest BCUT2D eigenvalue weighted by molar-refractivity contribution is 0.474. The Morgan fingerprint density at radius 2 is 1.93 bits per heavy atom. The molecule has 0 aliphatic carbocycles. The Balaban J connectivity index is 0.00000300. The normalized spacial score (nSPS) is 11.2. The second-order valence-corrected chi connectivity index (χ2v) is 7.99. The van der Waals surface area contributed by atoms with E-state index in [0.717, 1.165) is 37.1 Å². The van der Waals surface area contributed by atoms with Crippen molar-refractivity contribution in [3.05, 3.63) is 69.4 Å². The van der Waals surface area contributed by atoms with Crippen LogP contribution in [0.25, 0.3) is 0 Å². The molecule has 0 saturated carbocycles. The highest BCUT2D eigenvalue weighted by molar-refractivity contribution is 14.0. The fraction of sp³-hybridized carbons (Fsp3) is 0.381. The summed E-state index contributed by atoms with van der Waals surface area (Å²) in [5.41, 5.74) is 2.53. The van der Waals surface area contributed by atoms with E-state index in [2.05, 4.69) is 76.2 Å². The zero-order valence-corrected chi connectivity index (χ0v) is 20.6. The number of nitrogens with one attached hydrogen (secondary N) is 1. The van der Waals surface area contributed by atoms with Crippen LogP contribution < -0.4 is 5.32 Å². The van der Waals surface area contributed by atoms with Crippen LogP contribution in [0.4, 0.5) is 0 Å². The van der Waals surface area contributed by atoms with Gasteiger partial charge in [-0.1, -0.05) is 35.9 Å². The lowest BCUT2D eigenvalue weighted by atomic mass is 10.1. The first kappa shape index (κ1) is 23.3. The van der Waals surface area contributed by atoms with Crippen LogP contribution in [0, 0.1) is 13.8 Å². The number of aliphatic imine (C=N–C) groups is 1. The molecule has 2 heterocycles. The van der Waals surface area contributed by atoms with Gasteiger partial charge in [-0.25, -0.2) is 4.99 Å². The Labute approximate surface area is 194 Å². The largest absolute Gasteiger partial charge is 0.356 e. The summed E-state index contributed by atoms with van der Waals surface area (Å²) in [6.45, 7) is 6.19. The SMILES string of the molecule is Cc1ccc(CN(C)C(=NCc2nnc(C)n2C)NCCc2cccs2)cc1.I. The number of thiophene rings is 1. The van der Waals surface area contributed by atoms with Crippen LogP contribution in [0.15, 0.2) is 46.8 Å². The van der Waals surface area contributed by atoms with Crippen LogP contribution in [0.2, 0.25) is 0 Å². The van der Waals surface area contributed by atoms with Gasteiger partial charge in [0.1, 0.15) is 12.4 Å². The molecule has 0 fully saturated rings. The maximum absolute atomic E-state index is 4.81. The monoisotopic (exact) mass is 524 g/mol. The highest BCUT2D eigenvalue weighted by Crippen LogP contribution is 2.09. The number of guanidine groups is 1. The molecule has 0 amide bonds. The molecule has 1 N–H and O–H groups in total. The first-order valence-corrected chi connectivity index (χ1v) is 10.3. The first-order chi connectivity index (χ1) is 13.5. The Hall–Kier alpha value is -1.94. The Morgan fingerprint density at radius 3 is 2.55 bits per heavy atom. The molecule has 3 rings (SSSR count). The van der Waals surface area contributed by atoms with E-state index in [4.69, 9.17) is 4.99 Å². The second kappa shape index (κ2) is 11.3. The summed E-state index contributed by atoms with van der Waals surface area (Å²) in [5.74, 6) is 2.63. The quantitative estimate of drug-likeness (QED) is 0.289. The number of hydrogen-bond acceptors (Lipinski definition) is 4. The number of halogens is 1. The summed E-state index contributed by atoms with van der Waals surface area (Å²) >= 11 is 1.79. The summed E-state index contributed by atoms with van der Waals surface area (Å²) in [6, 6.07) is 12.9. The predicted molar refractivity (Wildman–Crippen MR) is 131 cm³/mol. The molecular formula is C21H29IN6S. The minimum Gasteiger partial charge on any atom is -0.356 e. The maximum Gasteiger partial charge on any atom is 0.194 e. The van der Waals surface area contributed by atoms with Crippen molar-refractivity contribution in [2.45, 2.75) is 33.4 Å². The molecule has 6 nitrogen and oxygen atoms in total. The van der Waals surface area contributed by atoms with Crippen LogP contribution >= 0.6 is 35.3 Å². The van der Waals surface area contributed by atoms with Crippen LogP contribution in [0.5, 0.6) is 0 Å². The van der Waals surface area contributed by atoms with Crippen molar-refractivity contribution in [2.24, 2.45) is 12.0 Å². The van der Waals surface area contributed by atoms with Crippen molar-refractivity contribution in [3.63, 3.8) is 0 Å². The van der Waals surface area contributed by atoms with Crippen LogP contribution in [0.3, 0.4) is 0 Å². The molecular weight excluding hydrogens is 495 g/mol. The third-order valence-corrected chi connectivity index (χ3v) is 5.63. The third kappa shape index (κ3) is 6.81. The molecule has 3 aromatic rings. The van der Waals surface area contributed by atoms with E-state index in [1.54, 1.807) is 11.3 Å². The standard InChI is InChI=1S/C21H28N6S.HI/c1-16-7-9-18(10-8-16)15-26(3)21(22-12-11-19-6-5-13-28-19)23-14-20-25-24-17(2)27(20)4;/h5-10,13H,11-12,14-15H2,1-4H3,(H,22,23);1H. The first-order valence-electron chi connectivity index (χ1n) is 9.45. The van der Waals surface area contributed by atoms with Gasteiger partial charge in [-0.2, -0.15) is 0 Å². The Bertz CT molecular complexity index is 902. The molecule has 0 spiro atoms. The molecule has 29 heavy (non-hydrogen) atoms. The molecule has 156 valence electrons. The molecule has 0 unspecified atom stereocenters. The highest BCUT2D eigenvalue weighted by Gasteiger charge is 2.10. The van der Waals surface area contributed by atoms with E-state index in [1.165, 1.54) is 16.0 Å². The van der Waals surface area contributed by atoms with Gasteiger partial charge in [0.05, 0.1) is 0 Å². The van der Waals surface area contributed by atoms with Gasteiger partial charge in [0, 0.05) is 32.1 Å². The number of aromatic nitrogens is 3. The second-order valence-electron chi connectivity index (χ2n) is 6.96. The van der Waals surface area contributed by atoms with Gasteiger partial charge in [0.2, 0.25) is 0 Å². The number of benzene rings is 1. The van der Waals surface area contributed by atoms with Crippen molar-refractivity contribution >= 4 is 41.3 Å². The van der Waals surface area contributed by atoms with Crippen LogP contribution in [-0.2, 0) is 26.6 Å². The smallest absolute Gasteiger partial charge is 0.194 e. The third-order valence-electron chi connectivity index (χ3n) is 4.69. The number of nitrogens with zero attached hydrogens (tertiary/aromatic N) is 5. The number of aryl methyl sites for hydroxylation is 2. The lowest BCUT2D eigenvalue weighted by Gasteiger charge is -2.22. The summed E-state index contributed by atoms with van der Waals surface area (Å²) in [6.07, 6.45) is 0.984. The molecule has 0 aliphatic rings. The summed E-state index contributed by atoms with van der Waals surface area (Å²) < 4.78 is 1.98. The van der Waals surface area contributed by atoms with E-state index in [1.807, 2.05) is 18.5 Å². The van der Waals surface area contributed by atoms with Gasteiger partial charge in [0.25, 0.3) is 0 Å². The molecule has 0 saturated heterocycles. The van der Waals surface area contributed by atoms with Gasteiger partial charge in [-0.05, 0) is 37.3 Å². The molecule has 1 aromatic carbocycles. The van der Waals surface area contributed by atoms with Crippen molar-refractivity contribution in [2.75, 3.05) is 13.6 Å². The summed E-state index contributed by atoms with van der Waals surface area (Å²) in [7, 11) is 4.04. The van der Waals surface area contributed by atoms with Crippen molar-refractivity contribution in [1.82, 2.24) is 25.0 Å². The van der Waals surface area contributed by atoms with E-state index < -0.39 is 0 Å².